The van der Waals surface area contributed by atoms with Crippen LogP contribution in [0, 0.1) is 5.92 Å². The Balaban J connectivity index is 2.32. The Hall–Kier alpha value is -0.870. The molecule has 0 bridgehead atoms. The van der Waals surface area contributed by atoms with E-state index in [1.54, 1.807) is 7.11 Å². The van der Waals surface area contributed by atoms with E-state index in [0.29, 0.717) is 0 Å². The molecule has 17 heavy (non-hydrogen) atoms. The first kappa shape index (κ1) is 14.2. The second-order valence-corrected chi connectivity index (χ2v) is 4.42. The molecule has 1 aromatic heterocycles. The van der Waals surface area contributed by atoms with E-state index in [-0.39, 0.29) is 0 Å². The molecule has 1 heterocycles. The van der Waals surface area contributed by atoms with E-state index < -0.39 is 0 Å². The Labute approximate surface area is 104 Å². The van der Waals surface area contributed by atoms with Crippen LogP contribution >= 0.6 is 0 Å². The summed E-state index contributed by atoms with van der Waals surface area (Å²) in [6.45, 7) is 8.02. The minimum atomic E-state index is 0.740. The lowest BCUT2D eigenvalue weighted by molar-refractivity contribution is 0.199. The highest BCUT2D eigenvalue weighted by Crippen LogP contribution is 2.10. The summed E-state index contributed by atoms with van der Waals surface area (Å²) in [5, 5.41) is 7.72. The van der Waals surface area contributed by atoms with E-state index in [1.807, 2.05) is 6.20 Å². The maximum Gasteiger partial charge on any atom is 0.0587 e. The first-order valence-electron chi connectivity index (χ1n) is 6.51. The standard InChI is InChI=1S/C13H25N3O/c1-4-12(5-2)10-16-11-13(9-15-16)8-14-6-7-17-3/h9,11-12,14H,4-8,10H2,1-3H3. The van der Waals surface area contributed by atoms with E-state index in [1.165, 1.54) is 18.4 Å². The van der Waals surface area contributed by atoms with Crippen molar-refractivity contribution in [1.29, 1.82) is 0 Å². The SMILES string of the molecule is CCC(CC)Cn1cc(CNCCOC)cn1. The predicted molar refractivity (Wildman–Crippen MR) is 69.9 cm³/mol. The van der Waals surface area contributed by atoms with Gasteiger partial charge < -0.3 is 10.1 Å². The van der Waals surface area contributed by atoms with E-state index in [4.69, 9.17) is 4.74 Å². The molecule has 0 aromatic carbocycles. The summed E-state index contributed by atoms with van der Waals surface area (Å²) in [4.78, 5) is 0. The second-order valence-electron chi connectivity index (χ2n) is 4.42. The Morgan fingerprint density at radius 3 is 2.82 bits per heavy atom. The Morgan fingerprint density at radius 1 is 1.41 bits per heavy atom. The summed E-state index contributed by atoms with van der Waals surface area (Å²) >= 11 is 0. The van der Waals surface area contributed by atoms with Gasteiger partial charge in [-0.15, -0.1) is 0 Å². The van der Waals surface area contributed by atoms with Gasteiger partial charge in [0.2, 0.25) is 0 Å². The van der Waals surface area contributed by atoms with Crippen molar-refractivity contribution in [3.05, 3.63) is 18.0 Å². The van der Waals surface area contributed by atoms with Crippen LogP contribution in [0.5, 0.6) is 0 Å². The van der Waals surface area contributed by atoms with Gasteiger partial charge in [0.05, 0.1) is 12.8 Å². The molecule has 0 aliphatic carbocycles. The molecule has 0 amide bonds. The van der Waals surface area contributed by atoms with Crippen molar-refractivity contribution >= 4 is 0 Å². The first-order chi connectivity index (χ1) is 8.30. The largest absolute Gasteiger partial charge is 0.383 e. The molecule has 0 radical (unpaired) electrons. The molecule has 4 heteroatoms. The maximum atomic E-state index is 4.98. The van der Waals surface area contributed by atoms with Crippen LogP contribution in [0.1, 0.15) is 32.3 Å². The van der Waals surface area contributed by atoms with E-state index >= 15 is 0 Å². The molecule has 0 unspecified atom stereocenters. The van der Waals surface area contributed by atoms with Crippen molar-refractivity contribution < 1.29 is 4.74 Å². The van der Waals surface area contributed by atoms with Crippen LogP contribution in [0.3, 0.4) is 0 Å². The second kappa shape index (κ2) is 8.25. The Kier molecular flexibility index (Phi) is 6.89. The number of hydrogen-bond acceptors (Lipinski definition) is 3. The third kappa shape index (κ3) is 5.33. The Morgan fingerprint density at radius 2 is 2.18 bits per heavy atom. The average Bonchev–Trinajstić information content (AvgIpc) is 2.79. The van der Waals surface area contributed by atoms with Crippen LogP contribution in [0.25, 0.3) is 0 Å². The van der Waals surface area contributed by atoms with Gasteiger partial charge in [0.15, 0.2) is 0 Å². The molecule has 0 saturated carbocycles. The third-order valence-corrected chi connectivity index (χ3v) is 3.10. The zero-order valence-corrected chi connectivity index (χ0v) is 11.3. The smallest absolute Gasteiger partial charge is 0.0587 e. The fourth-order valence-electron chi connectivity index (χ4n) is 1.82. The molecule has 0 spiro atoms. The molecule has 98 valence electrons. The zero-order chi connectivity index (χ0) is 12.5. The lowest BCUT2D eigenvalue weighted by Crippen LogP contribution is -2.18. The van der Waals surface area contributed by atoms with Crippen molar-refractivity contribution in [1.82, 2.24) is 15.1 Å². The first-order valence-corrected chi connectivity index (χ1v) is 6.51. The highest BCUT2D eigenvalue weighted by atomic mass is 16.5. The maximum absolute atomic E-state index is 4.98. The number of nitrogens with zero attached hydrogens (tertiary/aromatic N) is 2. The molecule has 1 aromatic rings. The molecule has 1 N–H and O–H groups in total. The topological polar surface area (TPSA) is 39.1 Å². The van der Waals surface area contributed by atoms with Crippen molar-refractivity contribution in [3.63, 3.8) is 0 Å². The van der Waals surface area contributed by atoms with Crippen LogP contribution in [0.15, 0.2) is 12.4 Å². The molecular weight excluding hydrogens is 214 g/mol. The van der Waals surface area contributed by atoms with Gasteiger partial charge in [-0.05, 0) is 5.92 Å². The van der Waals surface area contributed by atoms with Crippen molar-refractivity contribution in [3.8, 4) is 0 Å². The highest BCUT2D eigenvalue weighted by Gasteiger charge is 2.05. The molecule has 0 saturated heterocycles. The van der Waals surface area contributed by atoms with Crippen molar-refractivity contribution in [2.24, 2.45) is 5.92 Å². The van der Waals surface area contributed by atoms with E-state index in [9.17, 15) is 0 Å². The summed E-state index contributed by atoms with van der Waals surface area (Å²) in [5.41, 5.74) is 1.24. The van der Waals surface area contributed by atoms with Crippen LogP contribution in [0.4, 0.5) is 0 Å². The van der Waals surface area contributed by atoms with Crippen molar-refractivity contribution in [2.45, 2.75) is 39.8 Å². The third-order valence-electron chi connectivity index (χ3n) is 3.10. The molecule has 0 fully saturated rings. The van der Waals surface area contributed by atoms with Crippen LogP contribution in [0.2, 0.25) is 0 Å². The van der Waals surface area contributed by atoms with Crippen molar-refractivity contribution in [2.75, 3.05) is 20.3 Å². The fraction of sp³-hybridized carbons (Fsp3) is 0.769. The number of hydrogen-bond donors (Lipinski definition) is 1. The predicted octanol–water partition coefficient (Wildman–Crippen LogP) is 2.06. The number of nitrogens with one attached hydrogen (secondary N) is 1. The molecule has 4 nitrogen and oxygen atoms in total. The minimum Gasteiger partial charge on any atom is -0.383 e. The number of aromatic nitrogens is 2. The van der Waals surface area contributed by atoms with Crippen LogP contribution in [-0.2, 0) is 17.8 Å². The van der Waals surface area contributed by atoms with Gasteiger partial charge in [-0.2, -0.15) is 5.10 Å². The summed E-state index contributed by atoms with van der Waals surface area (Å²) in [6.07, 6.45) is 6.52. The lowest BCUT2D eigenvalue weighted by Gasteiger charge is -2.11. The number of rotatable bonds is 9. The monoisotopic (exact) mass is 239 g/mol. The van der Waals surface area contributed by atoms with Gasteiger partial charge in [-0.1, -0.05) is 26.7 Å². The molecular formula is C13H25N3O. The van der Waals surface area contributed by atoms with Gasteiger partial charge in [0, 0.05) is 38.5 Å². The number of ether oxygens (including phenoxy) is 1. The zero-order valence-electron chi connectivity index (χ0n) is 11.3. The highest BCUT2D eigenvalue weighted by molar-refractivity contribution is 5.03. The number of methoxy groups -OCH3 is 1. The van der Waals surface area contributed by atoms with Gasteiger partial charge in [0.1, 0.15) is 0 Å². The normalized spacial score (nSPS) is 11.3. The molecule has 1 rings (SSSR count). The van der Waals surface area contributed by atoms with Crippen LogP contribution in [-0.4, -0.2) is 30.0 Å². The summed E-state index contributed by atoms with van der Waals surface area (Å²) in [5.74, 6) is 0.740. The molecule has 0 aliphatic rings. The minimum absolute atomic E-state index is 0.740. The van der Waals surface area contributed by atoms with Gasteiger partial charge in [-0.3, -0.25) is 4.68 Å². The summed E-state index contributed by atoms with van der Waals surface area (Å²) in [6, 6.07) is 0. The van der Waals surface area contributed by atoms with Gasteiger partial charge in [-0.25, -0.2) is 0 Å². The van der Waals surface area contributed by atoms with Crippen LogP contribution < -0.4 is 5.32 Å². The Bertz CT molecular complexity index is 295. The average molecular weight is 239 g/mol. The van der Waals surface area contributed by atoms with E-state index in [2.05, 4.69) is 35.1 Å². The lowest BCUT2D eigenvalue weighted by atomic mass is 10.0. The van der Waals surface area contributed by atoms with Gasteiger partial charge >= 0.3 is 0 Å². The van der Waals surface area contributed by atoms with Gasteiger partial charge in [0.25, 0.3) is 0 Å². The molecule has 0 atom stereocenters. The summed E-state index contributed by atoms with van der Waals surface area (Å²) < 4.78 is 7.04. The van der Waals surface area contributed by atoms with E-state index in [0.717, 1.165) is 32.2 Å². The fourth-order valence-corrected chi connectivity index (χ4v) is 1.82. The summed E-state index contributed by atoms with van der Waals surface area (Å²) in [7, 11) is 1.72. The molecule has 0 aliphatic heterocycles. The quantitative estimate of drug-likeness (QED) is 0.670.